The molecule has 11 heavy (non-hydrogen) atoms. The normalized spacial score (nSPS) is 8.09. The smallest absolute Gasteiger partial charge is 0.310 e. The molecule has 0 saturated heterocycles. The Kier molecular flexibility index (Phi) is 10.8. The van der Waals surface area contributed by atoms with Crippen LogP contribution in [0.5, 0.6) is 0 Å². The summed E-state index contributed by atoms with van der Waals surface area (Å²) in [6, 6.07) is 0. The first kappa shape index (κ1) is 12.8. The van der Waals surface area contributed by atoms with E-state index in [2.05, 4.69) is 32.1 Å². The lowest BCUT2D eigenvalue weighted by atomic mass is 10.3. The van der Waals surface area contributed by atoms with Gasteiger partial charge in [0.2, 0.25) is 0 Å². The molecule has 0 heterocycles. The van der Waals surface area contributed by atoms with Crippen LogP contribution < -0.4 is 0 Å². The van der Waals surface area contributed by atoms with Crippen molar-refractivity contribution in [2.24, 2.45) is 5.92 Å². The van der Waals surface area contributed by atoms with Crippen LogP contribution in [-0.2, 0) is 9.53 Å². The summed E-state index contributed by atoms with van der Waals surface area (Å²) >= 11 is 0. The second-order valence-corrected chi connectivity index (χ2v) is 2.74. The number of esters is 1. The maximum Gasteiger partial charge on any atom is 0.310 e. The molecule has 0 N–H and O–H groups in total. The predicted molar refractivity (Wildman–Crippen MR) is 47.1 cm³/mol. The highest BCUT2D eigenvalue weighted by molar-refractivity contribution is 5.69. The molecule has 0 aromatic heterocycles. The van der Waals surface area contributed by atoms with Crippen LogP contribution in [0.3, 0.4) is 0 Å². The lowest BCUT2D eigenvalue weighted by Crippen LogP contribution is -1.94. The van der Waals surface area contributed by atoms with Gasteiger partial charge in [0.1, 0.15) is 0 Å². The van der Waals surface area contributed by atoms with Gasteiger partial charge >= 0.3 is 5.97 Å². The van der Waals surface area contributed by atoms with Crippen LogP contribution in [0.4, 0.5) is 0 Å². The monoisotopic (exact) mass is 158 g/mol. The van der Waals surface area contributed by atoms with Crippen molar-refractivity contribution in [1.29, 1.82) is 0 Å². The molecule has 0 aromatic rings. The van der Waals surface area contributed by atoms with Crippen molar-refractivity contribution in [3.05, 3.63) is 12.8 Å². The minimum Gasteiger partial charge on any atom is -0.435 e. The highest BCUT2D eigenvalue weighted by Gasteiger charge is 1.89. The molecule has 0 atom stereocenters. The highest BCUT2D eigenvalue weighted by Crippen LogP contribution is 1.81. The lowest BCUT2D eigenvalue weighted by Gasteiger charge is -1.88. The van der Waals surface area contributed by atoms with Crippen LogP contribution in [0, 0.1) is 5.92 Å². The Morgan fingerprint density at radius 2 is 1.91 bits per heavy atom. The summed E-state index contributed by atoms with van der Waals surface area (Å²) in [6.45, 7) is 11.4. The van der Waals surface area contributed by atoms with Crippen molar-refractivity contribution in [1.82, 2.24) is 0 Å². The molecule has 0 spiro atoms. The van der Waals surface area contributed by atoms with E-state index in [0.29, 0.717) is 6.42 Å². The lowest BCUT2D eigenvalue weighted by molar-refractivity contribution is -0.137. The van der Waals surface area contributed by atoms with Gasteiger partial charge in [-0.05, 0) is 5.92 Å². The molecule has 2 heteroatoms. The number of hydrogen-bond acceptors (Lipinski definition) is 2. The first-order valence-corrected chi connectivity index (χ1v) is 3.84. The van der Waals surface area contributed by atoms with E-state index in [1.807, 2.05) is 0 Å². The molecule has 0 aromatic carbocycles. The first-order chi connectivity index (χ1) is 5.04. The summed E-state index contributed by atoms with van der Waals surface area (Å²) < 4.78 is 4.32. The van der Waals surface area contributed by atoms with Crippen LogP contribution in [0.2, 0.25) is 0 Å². The van der Waals surface area contributed by atoms with Gasteiger partial charge in [-0.2, -0.15) is 0 Å². The van der Waals surface area contributed by atoms with Crippen LogP contribution in [-0.4, -0.2) is 5.97 Å². The predicted octanol–water partition coefficient (Wildman–Crippen LogP) is 2.75. The van der Waals surface area contributed by atoms with Gasteiger partial charge in [0.05, 0.1) is 6.26 Å². The maximum atomic E-state index is 10.1. The second kappa shape index (κ2) is 9.21. The number of carbonyl (C=O) groups excluding carboxylic acids is 1. The Morgan fingerprint density at radius 3 is 2.00 bits per heavy atom. The third kappa shape index (κ3) is 27.0. The number of rotatable bonds is 2. The molecule has 66 valence electrons. The van der Waals surface area contributed by atoms with Gasteiger partial charge in [-0.25, -0.2) is 0 Å². The van der Waals surface area contributed by atoms with Gasteiger partial charge in [-0.3, -0.25) is 4.79 Å². The molecule has 0 aliphatic rings. The van der Waals surface area contributed by atoms with Crippen LogP contribution in [0.25, 0.3) is 0 Å². The van der Waals surface area contributed by atoms with Crippen LogP contribution in [0.1, 0.15) is 34.1 Å². The van der Waals surface area contributed by atoms with Gasteiger partial charge < -0.3 is 4.74 Å². The number of carbonyl (C=O) groups is 1. The van der Waals surface area contributed by atoms with E-state index in [1.54, 1.807) is 6.92 Å². The third-order valence-electron chi connectivity index (χ3n) is 0.503. The fourth-order valence-corrected chi connectivity index (χ4v) is 0.176. The highest BCUT2D eigenvalue weighted by atomic mass is 16.5. The van der Waals surface area contributed by atoms with Gasteiger partial charge in [0.15, 0.2) is 0 Å². The molecule has 2 nitrogen and oxygen atoms in total. The molecule has 0 amide bonds. The van der Waals surface area contributed by atoms with Gasteiger partial charge in [-0.1, -0.05) is 34.3 Å². The molecule has 0 aliphatic carbocycles. The molecular formula is C9H18O2. The largest absolute Gasteiger partial charge is 0.435 e. The van der Waals surface area contributed by atoms with E-state index in [1.165, 1.54) is 0 Å². The van der Waals surface area contributed by atoms with E-state index in [4.69, 9.17) is 0 Å². The molecule has 0 rings (SSSR count). The Bertz CT molecular complexity index is 103. The van der Waals surface area contributed by atoms with E-state index < -0.39 is 0 Å². The summed E-state index contributed by atoms with van der Waals surface area (Å²) in [7, 11) is 0. The van der Waals surface area contributed by atoms with Crippen molar-refractivity contribution < 1.29 is 9.53 Å². The topological polar surface area (TPSA) is 26.3 Å². The number of ether oxygens (including phenoxy) is 1. The molecule has 0 radical (unpaired) electrons. The van der Waals surface area contributed by atoms with E-state index in [0.717, 1.165) is 12.2 Å². The van der Waals surface area contributed by atoms with Gasteiger partial charge in [-0.15, -0.1) is 0 Å². The van der Waals surface area contributed by atoms with E-state index in [9.17, 15) is 4.79 Å². The molecule has 0 unspecified atom stereocenters. The second-order valence-electron chi connectivity index (χ2n) is 2.74. The molecule has 0 fully saturated rings. The SMILES string of the molecule is C=COC(=O)CC.CC(C)C. The zero-order chi connectivity index (χ0) is 9.28. The fraction of sp³-hybridized carbons (Fsp3) is 0.667. The molecule has 0 bridgehead atoms. The quantitative estimate of drug-likeness (QED) is 0.456. The molecule has 0 saturated carbocycles. The molecular weight excluding hydrogens is 140 g/mol. The number of hydrogen-bond donors (Lipinski definition) is 0. The van der Waals surface area contributed by atoms with Gasteiger partial charge in [0, 0.05) is 6.42 Å². The van der Waals surface area contributed by atoms with E-state index >= 15 is 0 Å². The fourth-order valence-electron chi connectivity index (χ4n) is 0.176. The van der Waals surface area contributed by atoms with E-state index in [-0.39, 0.29) is 5.97 Å². The van der Waals surface area contributed by atoms with Crippen molar-refractivity contribution in [3.63, 3.8) is 0 Å². The average Bonchev–Trinajstić information content (AvgIpc) is 1.87. The van der Waals surface area contributed by atoms with Crippen molar-refractivity contribution in [2.45, 2.75) is 34.1 Å². The Morgan fingerprint density at radius 1 is 1.55 bits per heavy atom. The van der Waals surface area contributed by atoms with Crippen molar-refractivity contribution in [3.8, 4) is 0 Å². The summed E-state index contributed by atoms with van der Waals surface area (Å²) in [5, 5.41) is 0. The zero-order valence-electron chi connectivity index (χ0n) is 7.89. The summed E-state index contributed by atoms with van der Waals surface area (Å²) in [5.41, 5.74) is 0. The Balaban J connectivity index is 0. The molecule has 0 aliphatic heterocycles. The summed E-state index contributed by atoms with van der Waals surface area (Å²) in [4.78, 5) is 10.1. The summed E-state index contributed by atoms with van der Waals surface area (Å²) in [5.74, 6) is 0.593. The summed E-state index contributed by atoms with van der Waals surface area (Å²) in [6.07, 6.45) is 1.54. The minimum absolute atomic E-state index is 0.241. The minimum atomic E-state index is -0.241. The Labute approximate surface area is 69.3 Å². The van der Waals surface area contributed by atoms with Crippen molar-refractivity contribution >= 4 is 5.97 Å². The standard InChI is InChI=1S/C5H8O2.C4H10/c1-3-5(6)7-4-2;1-4(2)3/h4H,2-3H2,1H3;4H,1-3H3. The van der Waals surface area contributed by atoms with Gasteiger partial charge in [0.25, 0.3) is 0 Å². The van der Waals surface area contributed by atoms with Crippen LogP contribution in [0.15, 0.2) is 12.8 Å². The third-order valence-corrected chi connectivity index (χ3v) is 0.503. The Hall–Kier alpha value is -0.790. The first-order valence-electron chi connectivity index (χ1n) is 3.84. The zero-order valence-corrected chi connectivity index (χ0v) is 7.89. The van der Waals surface area contributed by atoms with Crippen molar-refractivity contribution in [2.75, 3.05) is 0 Å². The maximum absolute atomic E-state index is 10.1. The van der Waals surface area contributed by atoms with Crippen LogP contribution >= 0.6 is 0 Å². The average molecular weight is 158 g/mol.